The maximum absolute atomic E-state index is 11.4. The van der Waals surface area contributed by atoms with Crippen LogP contribution in [-0.4, -0.2) is 25.3 Å². The number of nitrogen functional groups attached to an aromatic ring is 1. The first-order valence-corrected chi connectivity index (χ1v) is 8.67. The number of anilines is 2. The Morgan fingerprint density at radius 2 is 2.00 bits per heavy atom. The fourth-order valence-electron chi connectivity index (χ4n) is 3.41. The lowest BCUT2D eigenvalue weighted by Crippen LogP contribution is -2.20. The number of thiophene rings is 1. The standard InChI is InChI=1S/C13H19N3OS2/c1-18-11-9(14)10(12(15)17)19-13(11)16-5-7-3-2-4-8(7)6-16/h7-8H,2-6,14H2,1H3,(H2,15,17). The Balaban J connectivity index is 1.92. The van der Waals surface area contributed by atoms with Crippen molar-refractivity contribution in [1.82, 2.24) is 0 Å². The van der Waals surface area contributed by atoms with Gasteiger partial charge >= 0.3 is 0 Å². The first kappa shape index (κ1) is 13.1. The van der Waals surface area contributed by atoms with Crippen molar-refractivity contribution >= 4 is 39.7 Å². The average molecular weight is 297 g/mol. The van der Waals surface area contributed by atoms with E-state index in [4.69, 9.17) is 11.5 Å². The molecule has 1 aromatic rings. The molecule has 1 amide bonds. The summed E-state index contributed by atoms with van der Waals surface area (Å²) < 4.78 is 0. The SMILES string of the molecule is CSc1c(N2CC3CCCC3C2)sc(C(N)=O)c1N. The summed E-state index contributed by atoms with van der Waals surface area (Å²) in [5.74, 6) is 1.24. The lowest BCUT2D eigenvalue weighted by molar-refractivity contribution is 0.100. The Kier molecular flexibility index (Phi) is 3.39. The molecule has 0 aromatic carbocycles. The van der Waals surface area contributed by atoms with E-state index in [2.05, 4.69) is 4.90 Å². The van der Waals surface area contributed by atoms with E-state index in [9.17, 15) is 4.79 Å². The summed E-state index contributed by atoms with van der Waals surface area (Å²) in [6.45, 7) is 2.22. The van der Waals surface area contributed by atoms with Crippen LogP contribution in [0.25, 0.3) is 0 Å². The number of thioether (sulfide) groups is 1. The number of rotatable bonds is 3. The molecule has 4 N–H and O–H groups in total. The number of hydrogen-bond donors (Lipinski definition) is 2. The number of fused-ring (bicyclic) bond motifs is 1. The van der Waals surface area contributed by atoms with Gasteiger partial charge in [0, 0.05) is 13.1 Å². The smallest absolute Gasteiger partial charge is 0.261 e. The predicted molar refractivity (Wildman–Crippen MR) is 82.1 cm³/mol. The number of nitrogens with zero attached hydrogens (tertiary/aromatic N) is 1. The first-order chi connectivity index (χ1) is 9.11. The van der Waals surface area contributed by atoms with Gasteiger partial charge < -0.3 is 16.4 Å². The van der Waals surface area contributed by atoms with Gasteiger partial charge in [-0.15, -0.1) is 23.1 Å². The Bertz CT molecular complexity index is 502. The first-order valence-electron chi connectivity index (χ1n) is 6.62. The van der Waals surface area contributed by atoms with Gasteiger partial charge in [0.2, 0.25) is 0 Å². The molecule has 0 bridgehead atoms. The molecule has 0 radical (unpaired) electrons. The lowest BCUT2D eigenvalue weighted by Gasteiger charge is -2.18. The zero-order chi connectivity index (χ0) is 13.6. The Labute approximate surface area is 121 Å². The van der Waals surface area contributed by atoms with Crippen LogP contribution in [0.1, 0.15) is 28.9 Å². The summed E-state index contributed by atoms with van der Waals surface area (Å²) in [5.41, 5.74) is 12.0. The molecule has 2 aliphatic rings. The second kappa shape index (κ2) is 4.90. The van der Waals surface area contributed by atoms with Crippen molar-refractivity contribution in [2.24, 2.45) is 17.6 Å². The van der Waals surface area contributed by atoms with Crippen molar-refractivity contribution in [3.8, 4) is 0 Å². The van der Waals surface area contributed by atoms with E-state index < -0.39 is 5.91 Å². The summed E-state index contributed by atoms with van der Waals surface area (Å²) in [4.78, 5) is 15.4. The van der Waals surface area contributed by atoms with Crippen LogP contribution in [0.3, 0.4) is 0 Å². The predicted octanol–water partition coefficient (Wildman–Crippen LogP) is 2.39. The average Bonchev–Trinajstić information content (AvgIpc) is 2.99. The van der Waals surface area contributed by atoms with Crippen LogP contribution in [0, 0.1) is 11.8 Å². The largest absolute Gasteiger partial charge is 0.396 e. The van der Waals surface area contributed by atoms with Crippen LogP contribution in [0.2, 0.25) is 0 Å². The molecule has 1 saturated heterocycles. The van der Waals surface area contributed by atoms with Crippen molar-refractivity contribution in [2.45, 2.75) is 24.2 Å². The zero-order valence-electron chi connectivity index (χ0n) is 11.0. The van der Waals surface area contributed by atoms with Crippen molar-refractivity contribution in [3.05, 3.63) is 4.88 Å². The fourth-order valence-corrected chi connectivity index (χ4v) is 5.46. The van der Waals surface area contributed by atoms with Gasteiger partial charge in [-0.25, -0.2) is 0 Å². The Hall–Kier alpha value is -0.880. The van der Waals surface area contributed by atoms with Crippen molar-refractivity contribution in [3.63, 3.8) is 0 Å². The molecule has 104 valence electrons. The van der Waals surface area contributed by atoms with Crippen LogP contribution in [0.4, 0.5) is 10.7 Å². The highest BCUT2D eigenvalue weighted by molar-refractivity contribution is 7.99. The Morgan fingerprint density at radius 1 is 1.37 bits per heavy atom. The maximum Gasteiger partial charge on any atom is 0.261 e. The van der Waals surface area contributed by atoms with Crippen molar-refractivity contribution < 1.29 is 4.79 Å². The molecule has 2 unspecified atom stereocenters. The van der Waals surface area contributed by atoms with Gasteiger partial charge in [0.25, 0.3) is 5.91 Å². The van der Waals surface area contributed by atoms with Crippen LogP contribution >= 0.6 is 23.1 Å². The molecular formula is C13H19N3OS2. The maximum atomic E-state index is 11.4. The van der Waals surface area contributed by atoms with Gasteiger partial charge in [-0.3, -0.25) is 4.79 Å². The second-order valence-corrected chi connectivity index (χ2v) is 7.22. The monoisotopic (exact) mass is 297 g/mol. The molecule has 1 aliphatic carbocycles. The van der Waals surface area contributed by atoms with E-state index in [0.29, 0.717) is 10.6 Å². The van der Waals surface area contributed by atoms with E-state index in [-0.39, 0.29) is 0 Å². The van der Waals surface area contributed by atoms with Crippen LogP contribution in [0.5, 0.6) is 0 Å². The number of hydrogen-bond acceptors (Lipinski definition) is 5. The van der Waals surface area contributed by atoms with E-state index in [1.165, 1.54) is 30.6 Å². The number of nitrogens with two attached hydrogens (primary N) is 2. The van der Waals surface area contributed by atoms with E-state index in [1.54, 1.807) is 11.8 Å². The molecule has 2 atom stereocenters. The minimum Gasteiger partial charge on any atom is -0.396 e. The molecule has 1 saturated carbocycles. The third-order valence-electron chi connectivity index (χ3n) is 4.32. The topological polar surface area (TPSA) is 72.3 Å². The minimum atomic E-state index is -0.413. The highest BCUT2D eigenvalue weighted by Crippen LogP contribution is 2.48. The number of carbonyl (C=O) groups is 1. The Morgan fingerprint density at radius 3 is 2.53 bits per heavy atom. The number of amides is 1. The second-order valence-electron chi connectivity index (χ2n) is 5.40. The van der Waals surface area contributed by atoms with E-state index >= 15 is 0 Å². The van der Waals surface area contributed by atoms with Crippen molar-refractivity contribution in [2.75, 3.05) is 30.0 Å². The summed E-state index contributed by atoms with van der Waals surface area (Å²) >= 11 is 3.07. The third kappa shape index (κ3) is 2.10. The van der Waals surface area contributed by atoms with Gasteiger partial charge in [-0.2, -0.15) is 0 Å². The molecule has 3 rings (SSSR count). The quantitative estimate of drug-likeness (QED) is 0.840. The van der Waals surface area contributed by atoms with Crippen LogP contribution < -0.4 is 16.4 Å². The van der Waals surface area contributed by atoms with Gasteiger partial charge in [0.05, 0.1) is 10.6 Å². The minimum absolute atomic E-state index is 0.413. The van der Waals surface area contributed by atoms with Gasteiger partial charge in [-0.1, -0.05) is 6.42 Å². The van der Waals surface area contributed by atoms with Gasteiger partial charge in [0.1, 0.15) is 9.88 Å². The molecule has 0 spiro atoms. The number of primary amides is 1. The molecule has 2 fully saturated rings. The molecule has 2 heterocycles. The molecule has 19 heavy (non-hydrogen) atoms. The van der Waals surface area contributed by atoms with E-state index in [1.807, 2.05) is 6.26 Å². The van der Waals surface area contributed by atoms with Crippen molar-refractivity contribution in [1.29, 1.82) is 0 Å². The summed E-state index contributed by atoms with van der Waals surface area (Å²) in [7, 11) is 0. The third-order valence-corrected chi connectivity index (χ3v) is 6.56. The number of carbonyl (C=O) groups excluding carboxylic acids is 1. The summed E-state index contributed by atoms with van der Waals surface area (Å²) in [6, 6.07) is 0. The highest BCUT2D eigenvalue weighted by atomic mass is 32.2. The molecule has 6 heteroatoms. The van der Waals surface area contributed by atoms with Gasteiger partial charge in [-0.05, 0) is 30.9 Å². The van der Waals surface area contributed by atoms with Gasteiger partial charge in [0.15, 0.2) is 0 Å². The normalized spacial score (nSPS) is 25.8. The lowest BCUT2D eigenvalue weighted by atomic mass is 10.0. The molecule has 4 nitrogen and oxygen atoms in total. The zero-order valence-corrected chi connectivity index (χ0v) is 12.6. The van der Waals surface area contributed by atoms with E-state index in [0.717, 1.165) is 34.8 Å². The van der Waals surface area contributed by atoms with Crippen LogP contribution in [0.15, 0.2) is 4.90 Å². The summed E-state index contributed by atoms with van der Waals surface area (Å²) in [6.07, 6.45) is 6.07. The highest BCUT2D eigenvalue weighted by Gasteiger charge is 2.38. The van der Waals surface area contributed by atoms with Crippen LogP contribution in [-0.2, 0) is 0 Å². The molecule has 1 aromatic heterocycles. The molecular weight excluding hydrogens is 278 g/mol. The summed E-state index contributed by atoms with van der Waals surface area (Å²) in [5, 5.41) is 1.15. The molecule has 1 aliphatic heterocycles. The fraction of sp³-hybridized carbons (Fsp3) is 0.615.